The second-order valence-corrected chi connectivity index (χ2v) is 19.7. The monoisotopic (exact) mass is 968 g/mol. The number of fused-ring (bicyclic) bond motifs is 2. The van der Waals surface area contributed by atoms with E-state index in [2.05, 4.69) is 183 Å². The van der Waals surface area contributed by atoms with Crippen molar-refractivity contribution in [1.29, 1.82) is 0 Å². The number of hydrogen-bond donors (Lipinski definition) is 0. The summed E-state index contributed by atoms with van der Waals surface area (Å²) >= 11 is 0. The molecule has 0 saturated heterocycles. The fourth-order valence-electron chi connectivity index (χ4n) is 8.40. The first-order chi connectivity index (χ1) is 27.6. The topological polar surface area (TPSA) is 0 Å². The number of hydrogen-bond acceptors (Lipinski definition) is 0. The van der Waals surface area contributed by atoms with Crippen molar-refractivity contribution in [2.45, 2.75) is 72.1 Å². The summed E-state index contributed by atoms with van der Waals surface area (Å²) in [5.74, 6) is 6.47. The summed E-state index contributed by atoms with van der Waals surface area (Å²) in [6.07, 6.45) is 9.84. The first-order valence-corrected chi connectivity index (χ1v) is 23.1. The zero-order chi connectivity index (χ0) is 38.3. The van der Waals surface area contributed by atoms with E-state index in [4.69, 9.17) is 0 Å². The van der Waals surface area contributed by atoms with E-state index >= 15 is 0 Å². The van der Waals surface area contributed by atoms with Crippen LogP contribution in [0.5, 0.6) is 0 Å². The summed E-state index contributed by atoms with van der Waals surface area (Å²) in [5, 5.41) is 8.79. The Morgan fingerprint density at radius 3 is 1.12 bits per heavy atom. The van der Waals surface area contributed by atoms with Crippen LogP contribution in [-0.4, -0.2) is 0 Å². The Balaban J connectivity index is 0.000000502. The van der Waals surface area contributed by atoms with Gasteiger partial charge in [-0.15, -0.1) is 24.8 Å². The quantitative estimate of drug-likeness (QED) is 0.0617. The smallest absolute Gasteiger partial charge is 0.0551 e. The van der Waals surface area contributed by atoms with Gasteiger partial charge in [-0.3, -0.25) is 0 Å². The van der Waals surface area contributed by atoms with E-state index in [1.165, 1.54) is 83.2 Å². The molecule has 0 spiro atoms. The Hall–Kier alpha value is -3.41. The van der Waals surface area contributed by atoms with Gasteiger partial charge in [0, 0.05) is 25.1 Å². The molecule has 0 bridgehead atoms. The maximum absolute atomic E-state index is 3.02. The molecule has 0 atom stereocenters. The van der Waals surface area contributed by atoms with Gasteiger partial charge >= 0.3 is 0 Å². The van der Waals surface area contributed by atoms with E-state index in [-0.39, 0.29) is 57.8 Å². The molecule has 0 heterocycles. The van der Waals surface area contributed by atoms with E-state index in [0.717, 1.165) is 11.1 Å². The van der Waals surface area contributed by atoms with Gasteiger partial charge in [-0.1, -0.05) is 183 Å². The average Bonchev–Trinajstić information content (AvgIpc) is 3.26. The van der Waals surface area contributed by atoms with Crippen molar-refractivity contribution in [1.82, 2.24) is 0 Å². The van der Waals surface area contributed by atoms with Crippen LogP contribution in [-0.2, 0) is 45.2 Å². The Morgan fingerprint density at radius 1 is 0.450 bits per heavy atom. The number of aryl methyl sites for hydroxylation is 2. The molecule has 308 valence electrons. The summed E-state index contributed by atoms with van der Waals surface area (Å²) in [5.41, 5.74) is 17.6. The van der Waals surface area contributed by atoms with Crippen LogP contribution in [0.3, 0.4) is 0 Å². The molecule has 6 aromatic carbocycles. The second-order valence-electron chi connectivity index (χ2n) is 15.3. The minimum atomic E-state index is -0.752. The van der Waals surface area contributed by atoms with E-state index in [1.54, 1.807) is 33.4 Å². The number of allylic oxidation sites excluding steroid dienone is 2. The van der Waals surface area contributed by atoms with Crippen LogP contribution in [0.25, 0.3) is 11.1 Å². The number of benzene rings is 6. The molecule has 60 heavy (non-hydrogen) atoms. The standard InChI is InChI=1S/C44H40P2.C10H10.2ClH.Ru.H2S/c1-5-19-35(20-6-1)45(36-21-7-2-8-22-36)41-31-29-33-17-13-15-27-39(33)43(41)44-40-28-16-14-18-34(40)30-32-42(44)46(37-23-9-3-10-24-37)38-25-11-4-12-26-38;1-8(2)10-6-4-9(3)5-7-10;;;;/h1-12,19-26,29-32H,13-18,27-28H2;8H,1-3H3;2*1H;;1H2. The van der Waals surface area contributed by atoms with Crippen molar-refractivity contribution in [3.05, 3.63) is 190 Å². The van der Waals surface area contributed by atoms with Crippen LogP contribution in [0.2, 0.25) is 0 Å². The van der Waals surface area contributed by atoms with Crippen molar-refractivity contribution < 1.29 is 19.5 Å². The Kier molecular flexibility index (Phi) is 19.5. The molecule has 0 fully saturated rings. The summed E-state index contributed by atoms with van der Waals surface area (Å²) in [7, 11) is -1.50. The molecule has 3 aliphatic carbocycles. The molecule has 0 N–H and O–H groups in total. The summed E-state index contributed by atoms with van der Waals surface area (Å²) in [4.78, 5) is 0. The zero-order valence-electron chi connectivity index (χ0n) is 34.7. The van der Waals surface area contributed by atoms with Crippen molar-refractivity contribution >= 4 is 86.0 Å². The van der Waals surface area contributed by atoms with Crippen LogP contribution >= 0.6 is 54.2 Å². The molecule has 0 nitrogen and oxygen atoms in total. The predicted molar refractivity (Wildman–Crippen MR) is 270 cm³/mol. The van der Waals surface area contributed by atoms with Crippen LogP contribution in [0.15, 0.2) is 168 Å². The molecule has 0 aliphatic heterocycles. The molecule has 6 heteroatoms. The van der Waals surface area contributed by atoms with E-state index in [0.29, 0.717) is 5.92 Å². The maximum atomic E-state index is 3.02. The first-order valence-electron chi connectivity index (χ1n) is 20.4. The van der Waals surface area contributed by atoms with Gasteiger partial charge in [-0.05, 0) is 145 Å². The minimum Gasteiger partial charge on any atom is -0.197 e. The van der Waals surface area contributed by atoms with Gasteiger partial charge in [0.25, 0.3) is 0 Å². The van der Waals surface area contributed by atoms with E-state index in [1.807, 2.05) is 6.92 Å². The maximum Gasteiger partial charge on any atom is 0.0551 e. The van der Waals surface area contributed by atoms with Crippen LogP contribution in [0, 0.1) is 17.8 Å². The number of halogens is 2. The summed E-state index contributed by atoms with van der Waals surface area (Å²) < 4.78 is 0. The third-order valence-corrected chi connectivity index (χ3v) is 16.1. The molecule has 3 aliphatic rings. The molecule has 0 aromatic heterocycles. The van der Waals surface area contributed by atoms with Crippen molar-refractivity contribution in [2.75, 3.05) is 0 Å². The Bertz CT molecular complexity index is 2270. The van der Waals surface area contributed by atoms with E-state index in [9.17, 15) is 0 Å². The Morgan fingerprint density at radius 2 is 0.800 bits per heavy atom. The largest absolute Gasteiger partial charge is 0.197 e. The summed E-state index contributed by atoms with van der Waals surface area (Å²) in [6.45, 7) is 6.16. The Labute approximate surface area is 394 Å². The number of rotatable bonds is 8. The molecule has 0 saturated carbocycles. The minimum absolute atomic E-state index is 0. The van der Waals surface area contributed by atoms with Crippen molar-refractivity contribution in [3.63, 3.8) is 0 Å². The van der Waals surface area contributed by atoms with Crippen LogP contribution in [0.4, 0.5) is 0 Å². The molecular formula is C54H54Cl2P2RuS. The van der Waals surface area contributed by atoms with Gasteiger partial charge in [0.2, 0.25) is 0 Å². The average molecular weight is 969 g/mol. The van der Waals surface area contributed by atoms with Gasteiger partial charge in [0.05, 0.1) is 5.57 Å². The molecular weight excluding hydrogens is 915 g/mol. The van der Waals surface area contributed by atoms with Gasteiger partial charge in [-0.25, -0.2) is 0 Å². The summed E-state index contributed by atoms with van der Waals surface area (Å²) in [6, 6.07) is 55.5. The predicted octanol–water partition coefficient (Wildman–Crippen LogP) is 11.9. The van der Waals surface area contributed by atoms with Crippen molar-refractivity contribution in [2.24, 2.45) is 5.92 Å². The van der Waals surface area contributed by atoms with Gasteiger partial charge in [-0.2, -0.15) is 13.5 Å². The van der Waals surface area contributed by atoms with Crippen molar-refractivity contribution in [3.8, 4) is 23.0 Å². The third-order valence-electron chi connectivity index (χ3n) is 11.2. The molecule has 9 rings (SSSR count). The normalized spacial score (nSPS) is 13.2. The van der Waals surface area contributed by atoms with Gasteiger partial charge in [0.1, 0.15) is 0 Å². The molecule has 0 unspecified atom stereocenters. The van der Waals surface area contributed by atoms with Gasteiger partial charge in [0.15, 0.2) is 0 Å². The fraction of sp³-hybridized carbons (Fsp3) is 0.222. The SMILES string of the molecule is CC1=C=C=C(C(C)C)C#C1.Cl.Cl.S.[Ru].c1ccc(P(c2ccccc2)c2ccc3c(c2-c2c(P(c4ccccc4)c4ccccc4)ccc4c2CCCC4)CCCC3)cc1. The zero-order valence-corrected chi connectivity index (χ0v) is 40.8. The van der Waals surface area contributed by atoms with Crippen LogP contribution < -0.4 is 31.8 Å². The third kappa shape index (κ3) is 11.1. The molecule has 6 aromatic rings. The fourth-order valence-corrected chi connectivity index (χ4v) is 13.4. The molecule has 0 radical (unpaired) electrons. The first kappa shape index (κ1) is 49.3. The molecule has 0 amide bonds. The second kappa shape index (κ2) is 23.7. The van der Waals surface area contributed by atoms with E-state index < -0.39 is 15.8 Å². The van der Waals surface area contributed by atoms with Crippen LogP contribution in [0.1, 0.15) is 68.7 Å². The van der Waals surface area contributed by atoms with Gasteiger partial charge < -0.3 is 0 Å².